The Hall–Kier alpha value is -1.88. The van der Waals surface area contributed by atoms with E-state index in [1.54, 1.807) is 0 Å². The van der Waals surface area contributed by atoms with E-state index < -0.39 is 6.03 Å². The number of carbonyl (C=O) groups excluding carboxylic acids is 1. The molecule has 15 heavy (non-hydrogen) atoms. The normalized spacial score (nSPS) is 9.60. The first-order valence-electron chi connectivity index (χ1n) is 4.57. The molecule has 80 valence electrons. The average Bonchev–Trinajstić information content (AvgIpc) is 2.18. The molecule has 0 fully saturated rings. The van der Waals surface area contributed by atoms with Crippen molar-refractivity contribution >= 4 is 11.7 Å². The Kier molecular flexibility index (Phi) is 4.30. The van der Waals surface area contributed by atoms with Gasteiger partial charge in [-0.15, -0.1) is 0 Å². The zero-order valence-electron chi connectivity index (χ0n) is 8.29. The molecule has 0 saturated carbocycles. The van der Waals surface area contributed by atoms with Gasteiger partial charge in [-0.3, -0.25) is 5.43 Å². The highest BCUT2D eigenvalue weighted by Crippen LogP contribution is 1.99. The Balaban J connectivity index is 2.28. The van der Waals surface area contributed by atoms with Gasteiger partial charge in [0.2, 0.25) is 0 Å². The molecule has 0 unspecified atom stereocenters. The minimum absolute atomic E-state index is 0.290. The van der Waals surface area contributed by atoms with Gasteiger partial charge in [0.25, 0.3) is 0 Å². The number of carbonyl (C=O) groups is 1. The zero-order chi connectivity index (χ0) is 11.1. The Bertz CT molecular complexity index is 337. The molecule has 1 aromatic rings. The van der Waals surface area contributed by atoms with E-state index in [1.807, 2.05) is 30.3 Å². The van der Waals surface area contributed by atoms with Gasteiger partial charge in [-0.1, -0.05) is 30.3 Å². The van der Waals surface area contributed by atoms with Crippen molar-refractivity contribution in [3.8, 4) is 0 Å². The monoisotopic (exact) mass is 206 g/mol. The lowest BCUT2D eigenvalue weighted by Gasteiger charge is -2.06. The van der Waals surface area contributed by atoms with Crippen LogP contribution in [0.15, 0.2) is 30.3 Å². The van der Waals surface area contributed by atoms with Crippen LogP contribution in [0.2, 0.25) is 0 Å². The average molecular weight is 206 g/mol. The van der Waals surface area contributed by atoms with Crippen LogP contribution in [0.1, 0.15) is 5.56 Å². The van der Waals surface area contributed by atoms with Crippen LogP contribution in [0.4, 0.5) is 4.79 Å². The molecule has 0 radical (unpaired) electrons. The van der Waals surface area contributed by atoms with Gasteiger partial charge in [0.15, 0.2) is 0 Å². The van der Waals surface area contributed by atoms with Gasteiger partial charge in [0.1, 0.15) is 0 Å². The number of amides is 2. The molecule has 1 rings (SSSR count). The van der Waals surface area contributed by atoms with Gasteiger partial charge in [-0.05, 0) is 5.56 Å². The third kappa shape index (κ3) is 4.78. The van der Waals surface area contributed by atoms with Gasteiger partial charge >= 0.3 is 6.03 Å². The lowest BCUT2D eigenvalue weighted by Crippen LogP contribution is -2.43. The number of nitrogens with one attached hydrogen (secondary N) is 3. The molecule has 2 amide bonds. The van der Waals surface area contributed by atoms with E-state index in [9.17, 15) is 4.79 Å². The smallest absolute Gasteiger partial charge is 0.326 e. The molecular formula is C10H14N4O. The first kappa shape index (κ1) is 11.2. The number of hydrazine groups is 1. The predicted octanol–water partition coefficient (Wildman–Crippen LogP) is 0.422. The fraction of sp³-hybridized carbons (Fsp3) is 0.200. The van der Waals surface area contributed by atoms with Crippen molar-refractivity contribution in [2.45, 2.75) is 6.42 Å². The van der Waals surface area contributed by atoms with Crippen LogP contribution >= 0.6 is 0 Å². The summed E-state index contributed by atoms with van der Waals surface area (Å²) < 4.78 is 0. The molecular weight excluding hydrogens is 192 g/mol. The van der Waals surface area contributed by atoms with E-state index in [2.05, 4.69) is 10.9 Å². The van der Waals surface area contributed by atoms with E-state index in [0.29, 0.717) is 12.1 Å². The van der Waals surface area contributed by atoms with Crippen LogP contribution in [0.3, 0.4) is 0 Å². The number of urea groups is 1. The van der Waals surface area contributed by atoms with Crippen molar-refractivity contribution in [1.29, 1.82) is 5.41 Å². The zero-order valence-corrected chi connectivity index (χ0v) is 8.29. The maximum atomic E-state index is 10.3. The Morgan fingerprint density at radius 1 is 1.33 bits per heavy atom. The van der Waals surface area contributed by atoms with Crippen molar-refractivity contribution < 1.29 is 4.79 Å². The van der Waals surface area contributed by atoms with Gasteiger partial charge in [-0.2, -0.15) is 0 Å². The number of hydrogen-bond acceptors (Lipinski definition) is 3. The van der Waals surface area contributed by atoms with Crippen LogP contribution in [0.5, 0.6) is 0 Å². The van der Waals surface area contributed by atoms with Crippen molar-refractivity contribution in [3.05, 3.63) is 35.9 Å². The van der Waals surface area contributed by atoms with E-state index in [0.717, 1.165) is 5.56 Å². The fourth-order valence-corrected chi connectivity index (χ4v) is 1.14. The SMILES string of the molecule is N=C(CNNC(N)=O)Cc1ccccc1. The lowest BCUT2D eigenvalue weighted by atomic mass is 10.1. The topological polar surface area (TPSA) is 91.0 Å². The molecule has 5 heteroatoms. The van der Waals surface area contributed by atoms with E-state index in [-0.39, 0.29) is 6.54 Å². The summed E-state index contributed by atoms with van der Waals surface area (Å²) in [7, 11) is 0. The highest BCUT2D eigenvalue weighted by Gasteiger charge is 1.99. The third-order valence-corrected chi connectivity index (χ3v) is 1.77. The van der Waals surface area contributed by atoms with Crippen molar-refractivity contribution in [2.24, 2.45) is 5.73 Å². The largest absolute Gasteiger partial charge is 0.351 e. The minimum Gasteiger partial charge on any atom is -0.351 e. The standard InChI is InChI=1S/C10H14N4O/c11-9(7-13-14-10(12)15)6-8-4-2-1-3-5-8/h1-5,11,13H,6-7H2,(H3,12,14,15). The fourth-order valence-electron chi connectivity index (χ4n) is 1.14. The summed E-state index contributed by atoms with van der Waals surface area (Å²) in [6, 6.07) is 9.05. The van der Waals surface area contributed by atoms with Gasteiger partial charge in [0, 0.05) is 12.1 Å². The number of primary amides is 1. The molecule has 0 bridgehead atoms. The van der Waals surface area contributed by atoms with Gasteiger partial charge in [-0.25, -0.2) is 10.2 Å². The Morgan fingerprint density at radius 2 is 2.00 bits per heavy atom. The second kappa shape index (κ2) is 5.77. The van der Waals surface area contributed by atoms with E-state index in [4.69, 9.17) is 11.1 Å². The number of hydrogen-bond donors (Lipinski definition) is 4. The van der Waals surface area contributed by atoms with E-state index in [1.165, 1.54) is 0 Å². The van der Waals surface area contributed by atoms with Crippen LogP contribution in [-0.2, 0) is 6.42 Å². The summed E-state index contributed by atoms with van der Waals surface area (Å²) in [4.78, 5) is 10.3. The van der Waals surface area contributed by atoms with Gasteiger partial charge in [0.05, 0.1) is 6.54 Å². The summed E-state index contributed by atoms with van der Waals surface area (Å²) >= 11 is 0. The highest BCUT2D eigenvalue weighted by molar-refractivity contribution is 5.85. The minimum atomic E-state index is -0.650. The summed E-state index contributed by atoms with van der Waals surface area (Å²) in [5, 5.41) is 7.62. The van der Waals surface area contributed by atoms with E-state index >= 15 is 0 Å². The second-order valence-corrected chi connectivity index (χ2v) is 3.11. The maximum absolute atomic E-state index is 10.3. The number of nitrogens with two attached hydrogens (primary N) is 1. The molecule has 0 aliphatic heterocycles. The Labute approximate surface area is 88.1 Å². The van der Waals surface area contributed by atoms with Crippen molar-refractivity contribution in [1.82, 2.24) is 10.9 Å². The quantitative estimate of drug-likeness (QED) is 0.415. The summed E-state index contributed by atoms with van der Waals surface area (Å²) in [6.07, 6.45) is 0.564. The Morgan fingerprint density at radius 3 is 2.60 bits per heavy atom. The number of benzene rings is 1. The first-order chi connectivity index (χ1) is 7.18. The molecule has 0 aliphatic carbocycles. The van der Waals surface area contributed by atoms with Crippen LogP contribution in [0.25, 0.3) is 0 Å². The van der Waals surface area contributed by atoms with Crippen LogP contribution < -0.4 is 16.6 Å². The lowest BCUT2D eigenvalue weighted by molar-refractivity contribution is 0.245. The second-order valence-electron chi connectivity index (χ2n) is 3.11. The molecule has 5 N–H and O–H groups in total. The molecule has 0 aliphatic rings. The first-order valence-corrected chi connectivity index (χ1v) is 4.57. The molecule has 1 aromatic carbocycles. The molecule has 0 saturated heterocycles. The third-order valence-electron chi connectivity index (χ3n) is 1.77. The summed E-state index contributed by atoms with van der Waals surface area (Å²) in [5.41, 5.74) is 11.2. The summed E-state index contributed by atoms with van der Waals surface area (Å²) in [5.74, 6) is 0. The molecule has 5 nitrogen and oxygen atoms in total. The van der Waals surface area contributed by atoms with Gasteiger partial charge < -0.3 is 11.1 Å². The van der Waals surface area contributed by atoms with Crippen LogP contribution in [-0.4, -0.2) is 18.3 Å². The van der Waals surface area contributed by atoms with Crippen molar-refractivity contribution in [3.63, 3.8) is 0 Å². The molecule has 0 aromatic heterocycles. The molecule has 0 spiro atoms. The van der Waals surface area contributed by atoms with Crippen LogP contribution in [0, 0.1) is 5.41 Å². The predicted molar refractivity (Wildman–Crippen MR) is 58.6 cm³/mol. The highest BCUT2D eigenvalue weighted by atomic mass is 16.2. The number of rotatable bonds is 5. The summed E-state index contributed by atoms with van der Waals surface area (Å²) in [6.45, 7) is 0.290. The molecule has 0 atom stereocenters. The molecule has 0 heterocycles. The van der Waals surface area contributed by atoms with Crippen molar-refractivity contribution in [2.75, 3.05) is 6.54 Å². The maximum Gasteiger partial charge on any atom is 0.326 e.